The molecule has 0 N–H and O–H groups in total. The van der Waals surface area contributed by atoms with Gasteiger partial charge in [-0.25, -0.2) is 0 Å². The van der Waals surface area contributed by atoms with Gasteiger partial charge in [0.05, 0.1) is 13.0 Å². The summed E-state index contributed by atoms with van der Waals surface area (Å²) in [7, 11) is 0. The van der Waals surface area contributed by atoms with E-state index in [-0.39, 0.29) is 6.61 Å². The summed E-state index contributed by atoms with van der Waals surface area (Å²) in [6.45, 7) is 2.34. The summed E-state index contributed by atoms with van der Waals surface area (Å²) in [5, 5.41) is 0. The van der Waals surface area contributed by atoms with Crippen molar-refractivity contribution in [1.82, 2.24) is 0 Å². The Hall–Kier alpha value is -0.250. The van der Waals surface area contributed by atoms with Crippen LogP contribution in [0.15, 0.2) is 0 Å². The zero-order valence-corrected chi connectivity index (χ0v) is 7.99. The van der Waals surface area contributed by atoms with Crippen LogP contribution in [-0.2, 0) is 4.74 Å². The second-order valence-corrected chi connectivity index (χ2v) is 3.04. The maximum atomic E-state index is 11.6. The smallest absolute Gasteiger partial charge is 0.381 e. The summed E-state index contributed by atoms with van der Waals surface area (Å²) < 4.78 is 39.7. The van der Waals surface area contributed by atoms with Crippen LogP contribution < -0.4 is 0 Å². The Morgan fingerprint density at radius 3 is 2.23 bits per heavy atom. The quantitative estimate of drug-likeness (QED) is 0.568. The molecule has 0 saturated heterocycles. The Kier molecular flexibility index (Phi) is 7.04. The lowest BCUT2D eigenvalue weighted by molar-refractivity contribution is -0.145. The molecule has 0 amide bonds. The van der Waals surface area contributed by atoms with Crippen molar-refractivity contribution < 1.29 is 17.9 Å². The van der Waals surface area contributed by atoms with Gasteiger partial charge in [-0.2, -0.15) is 13.2 Å². The highest BCUT2D eigenvalue weighted by molar-refractivity contribution is 4.48. The molecule has 0 saturated carbocycles. The van der Waals surface area contributed by atoms with Gasteiger partial charge < -0.3 is 4.74 Å². The van der Waals surface area contributed by atoms with Crippen LogP contribution in [0.25, 0.3) is 0 Å². The topological polar surface area (TPSA) is 9.23 Å². The maximum Gasteiger partial charge on any atom is 0.391 e. The van der Waals surface area contributed by atoms with Crippen LogP contribution in [0.4, 0.5) is 13.2 Å². The van der Waals surface area contributed by atoms with Crippen molar-refractivity contribution in [3.63, 3.8) is 0 Å². The minimum Gasteiger partial charge on any atom is -0.381 e. The highest BCUT2D eigenvalue weighted by Gasteiger charge is 2.26. The van der Waals surface area contributed by atoms with Gasteiger partial charge in [-0.05, 0) is 6.42 Å². The zero-order chi connectivity index (χ0) is 10.2. The van der Waals surface area contributed by atoms with Crippen LogP contribution in [0.3, 0.4) is 0 Å². The first-order chi connectivity index (χ1) is 6.06. The lowest BCUT2D eigenvalue weighted by atomic mass is 10.2. The van der Waals surface area contributed by atoms with E-state index in [9.17, 15) is 13.2 Å². The van der Waals surface area contributed by atoms with E-state index in [4.69, 9.17) is 4.74 Å². The van der Waals surface area contributed by atoms with Gasteiger partial charge in [-0.3, -0.25) is 0 Å². The molecule has 0 unspecified atom stereocenters. The van der Waals surface area contributed by atoms with Crippen molar-refractivity contribution in [3.8, 4) is 0 Å². The van der Waals surface area contributed by atoms with Gasteiger partial charge in [-0.15, -0.1) is 0 Å². The largest absolute Gasteiger partial charge is 0.391 e. The molecule has 0 fully saturated rings. The molecule has 13 heavy (non-hydrogen) atoms. The molecule has 4 heteroatoms. The molecule has 0 aliphatic carbocycles. The molecule has 0 aromatic rings. The van der Waals surface area contributed by atoms with Gasteiger partial charge in [0.15, 0.2) is 0 Å². The summed E-state index contributed by atoms with van der Waals surface area (Å²) in [5.41, 5.74) is 0. The van der Waals surface area contributed by atoms with Crippen LogP contribution in [0.2, 0.25) is 0 Å². The molecule has 0 aliphatic heterocycles. The van der Waals surface area contributed by atoms with Crippen molar-refractivity contribution in [2.75, 3.05) is 13.2 Å². The molecule has 0 aliphatic rings. The second-order valence-electron chi connectivity index (χ2n) is 3.04. The van der Waals surface area contributed by atoms with Crippen molar-refractivity contribution in [2.24, 2.45) is 0 Å². The van der Waals surface area contributed by atoms with Crippen LogP contribution >= 0.6 is 0 Å². The Labute approximate surface area is 77.3 Å². The maximum absolute atomic E-state index is 11.6. The predicted molar refractivity (Wildman–Crippen MR) is 45.6 cm³/mol. The fraction of sp³-hybridized carbons (Fsp3) is 1.00. The van der Waals surface area contributed by atoms with Gasteiger partial charge in [0.1, 0.15) is 0 Å². The van der Waals surface area contributed by atoms with Crippen LogP contribution in [0.5, 0.6) is 0 Å². The van der Waals surface area contributed by atoms with Crippen molar-refractivity contribution in [2.45, 2.75) is 45.2 Å². The average molecular weight is 198 g/mol. The first-order valence-corrected chi connectivity index (χ1v) is 4.70. The number of unbranched alkanes of at least 4 members (excludes halogenated alkanes) is 3. The van der Waals surface area contributed by atoms with Crippen LogP contribution in [0, 0.1) is 0 Å². The third-order valence-electron chi connectivity index (χ3n) is 1.67. The summed E-state index contributed by atoms with van der Waals surface area (Å²) in [4.78, 5) is 0. The standard InChI is InChI=1S/C9H17F3O/c1-2-3-4-5-7-13-8-6-9(10,11)12/h2-8H2,1H3. The molecule has 0 aromatic heterocycles. The van der Waals surface area contributed by atoms with E-state index >= 15 is 0 Å². The zero-order valence-electron chi connectivity index (χ0n) is 7.99. The molecule has 0 aromatic carbocycles. The molecule has 0 rings (SSSR count). The molecular formula is C9H17F3O. The first-order valence-electron chi connectivity index (χ1n) is 4.70. The number of halogens is 3. The highest BCUT2D eigenvalue weighted by Crippen LogP contribution is 2.18. The molecule has 0 heterocycles. The molecular weight excluding hydrogens is 181 g/mol. The number of ether oxygens (including phenoxy) is 1. The van der Waals surface area contributed by atoms with E-state index < -0.39 is 12.6 Å². The number of hydrogen-bond donors (Lipinski definition) is 0. The first kappa shape index (κ1) is 12.8. The molecule has 0 radical (unpaired) electrons. The minimum atomic E-state index is -4.08. The van der Waals surface area contributed by atoms with Crippen molar-refractivity contribution in [3.05, 3.63) is 0 Å². The van der Waals surface area contributed by atoms with Gasteiger partial charge in [0.2, 0.25) is 0 Å². The summed E-state index contributed by atoms with van der Waals surface area (Å²) in [6.07, 6.45) is -0.746. The minimum absolute atomic E-state index is 0.199. The normalized spacial score (nSPS) is 12.0. The van der Waals surface area contributed by atoms with Gasteiger partial charge in [-0.1, -0.05) is 26.2 Å². The third-order valence-corrected chi connectivity index (χ3v) is 1.67. The summed E-state index contributed by atoms with van der Waals surface area (Å²) >= 11 is 0. The van der Waals surface area contributed by atoms with E-state index in [0.29, 0.717) is 6.61 Å². The number of rotatable bonds is 7. The molecule has 0 atom stereocenters. The van der Waals surface area contributed by atoms with E-state index in [2.05, 4.69) is 6.92 Å². The Balaban J connectivity index is 3.00. The second kappa shape index (κ2) is 7.18. The fourth-order valence-electron chi connectivity index (χ4n) is 0.921. The molecule has 0 bridgehead atoms. The molecule has 80 valence electrons. The number of alkyl halides is 3. The van der Waals surface area contributed by atoms with Gasteiger partial charge in [0.25, 0.3) is 0 Å². The third kappa shape index (κ3) is 11.8. The van der Waals surface area contributed by atoms with Gasteiger partial charge >= 0.3 is 6.18 Å². The van der Waals surface area contributed by atoms with Crippen LogP contribution in [0.1, 0.15) is 39.0 Å². The van der Waals surface area contributed by atoms with E-state index in [0.717, 1.165) is 25.7 Å². The Morgan fingerprint density at radius 2 is 1.69 bits per heavy atom. The highest BCUT2D eigenvalue weighted by atomic mass is 19.4. The molecule has 0 spiro atoms. The van der Waals surface area contributed by atoms with Crippen molar-refractivity contribution in [1.29, 1.82) is 0 Å². The SMILES string of the molecule is CCCCCCOCCC(F)(F)F. The summed E-state index contributed by atoms with van der Waals surface area (Å²) in [6, 6.07) is 0. The van der Waals surface area contributed by atoms with Gasteiger partial charge in [0, 0.05) is 6.61 Å². The van der Waals surface area contributed by atoms with E-state index in [1.54, 1.807) is 0 Å². The average Bonchev–Trinajstić information content (AvgIpc) is 2.01. The summed E-state index contributed by atoms with van der Waals surface area (Å²) in [5.74, 6) is 0. The number of hydrogen-bond acceptors (Lipinski definition) is 1. The Morgan fingerprint density at radius 1 is 1.00 bits per heavy atom. The monoisotopic (exact) mass is 198 g/mol. The van der Waals surface area contributed by atoms with Crippen molar-refractivity contribution >= 4 is 0 Å². The Bertz CT molecular complexity index is 112. The fourth-order valence-corrected chi connectivity index (χ4v) is 0.921. The van der Waals surface area contributed by atoms with E-state index in [1.165, 1.54) is 0 Å². The lowest BCUT2D eigenvalue weighted by Gasteiger charge is -2.06. The van der Waals surface area contributed by atoms with E-state index in [1.807, 2.05) is 0 Å². The van der Waals surface area contributed by atoms with Crippen LogP contribution in [-0.4, -0.2) is 19.4 Å². The lowest BCUT2D eigenvalue weighted by Crippen LogP contribution is -2.11. The predicted octanol–water partition coefficient (Wildman–Crippen LogP) is 3.54. The molecule has 1 nitrogen and oxygen atoms in total.